The molecular formula is C12H17N3O2. The van der Waals surface area contributed by atoms with Gasteiger partial charge < -0.3 is 10.4 Å². The highest BCUT2D eigenvalue weighted by Crippen LogP contribution is 2.31. The van der Waals surface area contributed by atoms with Crippen molar-refractivity contribution in [3.63, 3.8) is 0 Å². The summed E-state index contributed by atoms with van der Waals surface area (Å²) in [4.78, 5) is 18.6. The van der Waals surface area contributed by atoms with Crippen LogP contribution < -0.4 is 5.32 Å². The average Bonchev–Trinajstić information content (AvgIpc) is 2.38. The molecule has 5 heteroatoms. The molecule has 0 unspecified atom stereocenters. The first-order valence-corrected chi connectivity index (χ1v) is 6.03. The molecule has 1 fully saturated rings. The number of nitrogens with one attached hydrogen (secondary N) is 1. The molecule has 0 atom stereocenters. The van der Waals surface area contributed by atoms with Gasteiger partial charge in [-0.1, -0.05) is 19.3 Å². The first kappa shape index (κ1) is 11.8. The molecule has 92 valence electrons. The Morgan fingerprint density at radius 2 is 1.94 bits per heavy atom. The maximum Gasteiger partial charge on any atom is 0.322 e. The van der Waals surface area contributed by atoms with Crippen molar-refractivity contribution in [3.05, 3.63) is 18.0 Å². The largest absolute Gasteiger partial charge is 0.480 e. The smallest absolute Gasteiger partial charge is 0.322 e. The van der Waals surface area contributed by atoms with Crippen molar-refractivity contribution in [1.29, 1.82) is 0 Å². The van der Waals surface area contributed by atoms with E-state index >= 15 is 0 Å². The third kappa shape index (κ3) is 3.41. The molecule has 2 rings (SSSR count). The Morgan fingerprint density at radius 1 is 1.29 bits per heavy atom. The van der Waals surface area contributed by atoms with E-state index in [4.69, 9.17) is 5.11 Å². The Bertz CT molecular complexity index is 372. The van der Waals surface area contributed by atoms with Gasteiger partial charge in [0.2, 0.25) is 5.95 Å². The number of rotatable bonds is 4. The van der Waals surface area contributed by atoms with E-state index in [1.165, 1.54) is 37.7 Å². The van der Waals surface area contributed by atoms with Crippen LogP contribution in [0, 0.1) is 0 Å². The lowest BCUT2D eigenvalue weighted by molar-refractivity contribution is -0.134. The summed E-state index contributed by atoms with van der Waals surface area (Å²) >= 11 is 0. The second kappa shape index (κ2) is 5.61. The van der Waals surface area contributed by atoms with Crippen molar-refractivity contribution < 1.29 is 9.90 Å². The highest BCUT2D eigenvalue weighted by atomic mass is 16.4. The maximum atomic E-state index is 10.4. The van der Waals surface area contributed by atoms with Crippen molar-refractivity contribution >= 4 is 11.9 Å². The van der Waals surface area contributed by atoms with Crippen LogP contribution in [0.5, 0.6) is 0 Å². The fraction of sp³-hybridized carbons (Fsp3) is 0.583. The summed E-state index contributed by atoms with van der Waals surface area (Å²) in [5, 5.41) is 11.2. The number of hydrogen-bond donors (Lipinski definition) is 2. The molecule has 0 spiro atoms. The number of nitrogens with zero attached hydrogens (tertiary/aromatic N) is 2. The van der Waals surface area contributed by atoms with E-state index in [0.29, 0.717) is 11.9 Å². The van der Waals surface area contributed by atoms with E-state index in [9.17, 15) is 4.79 Å². The molecule has 0 aromatic carbocycles. The fourth-order valence-electron chi connectivity index (χ4n) is 2.23. The van der Waals surface area contributed by atoms with E-state index in [1.54, 1.807) is 0 Å². The zero-order valence-corrected chi connectivity index (χ0v) is 9.72. The average molecular weight is 235 g/mol. The number of aliphatic carboxylic acids is 1. The highest BCUT2D eigenvalue weighted by Gasteiger charge is 2.16. The van der Waals surface area contributed by atoms with Crippen LogP contribution in [0.3, 0.4) is 0 Å². The molecule has 1 heterocycles. The first-order valence-electron chi connectivity index (χ1n) is 6.03. The first-order chi connectivity index (χ1) is 8.25. The standard InChI is InChI=1S/C12H17N3O2/c16-11(17)8-15-12-13-6-10(7-14-12)9-4-2-1-3-5-9/h6-7,9H,1-5,8H2,(H,16,17)(H,13,14,15). The van der Waals surface area contributed by atoms with Crippen LogP contribution in [-0.2, 0) is 4.79 Å². The number of carboxylic acid groups (broad SMARTS) is 1. The molecule has 1 aromatic heterocycles. The van der Waals surface area contributed by atoms with Crippen LogP contribution in [0.4, 0.5) is 5.95 Å². The SMILES string of the molecule is O=C(O)CNc1ncc(C2CCCCC2)cn1. The molecule has 2 N–H and O–H groups in total. The summed E-state index contributed by atoms with van der Waals surface area (Å²) in [5.74, 6) is 0.0502. The Hall–Kier alpha value is -1.65. The molecule has 5 nitrogen and oxygen atoms in total. The van der Waals surface area contributed by atoms with Gasteiger partial charge in [-0.15, -0.1) is 0 Å². The molecule has 17 heavy (non-hydrogen) atoms. The van der Waals surface area contributed by atoms with Gasteiger partial charge >= 0.3 is 5.97 Å². The van der Waals surface area contributed by atoms with Crippen molar-refractivity contribution in [2.24, 2.45) is 0 Å². The molecule has 1 aliphatic rings. The van der Waals surface area contributed by atoms with E-state index in [2.05, 4.69) is 15.3 Å². The third-order valence-corrected chi connectivity index (χ3v) is 3.15. The lowest BCUT2D eigenvalue weighted by atomic mass is 9.85. The van der Waals surface area contributed by atoms with Crippen LogP contribution in [-0.4, -0.2) is 27.6 Å². The second-order valence-corrected chi connectivity index (χ2v) is 4.42. The molecule has 0 aliphatic heterocycles. The number of carbonyl (C=O) groups is 1. The topological polar surface area (TPSA) is 75.1 Å². The predicted octanol–water partition coefficient (Wildman–Crippen LogP) is 2.02. The minimum Gasteiger partial charge on any atom is -0.480 e. The minimum atomic E-state index is -0.912. The minimum absolute atomic E-state index is 0.150. The summed E-state index contributed by atoms with van der Waals surface area (Å²) in [6, 6.07) is 0. The zero-order chi connectivity index (χ0) is 12.1. The summed E-state index contributed by atoms with van der Waals surface area (Å²) < 4.78 is 0. The van der Waals surface area contributed by atoms with Gasteiger partial charge in [-0.25, -0.2) is 9.97 Å². The monoisotopic (exact) mass is 235 g/mol. The van der Waals surface area contributed by atoms with Crippen LogP contribution in [0.1, 0.15) is 43.6 Å². The Morgan fingerprint density at radius 3 is 2.53 bits per heavy atom. The number of anilines is 1. The van der Waals surface area contributed by atoms with E-state index in [1.807, 2.05) is 12.4 Å². The molecule has 1 aliphatic carbocycles. The van der Waals surface area contributed by atoms with Crippen LogP contribution in [0.25, 0.3) is 0 Å². The number of hydrogen-bond acceptors (Lipinski definition) is 4. The van der Waals surface area contributed by atoms with Crippen molar-refractivity contribution in [2.75, 3.05) is 11.9 Å². The molecule has 0 radical (unpaired) electrons. The Balaban J connectivity index is 1.94. The quantitative estimate of drug-likeness (QED) is 0.835. The Labute approximate surface area is 100 Å². The van der Waals surface area contributed by atoms with Gasteiger partial charge in [-0.05, 0) is 24.3 Å². The highest BCUT2D eigenvalue weighted by molar-refractivity contribution is 5.71. The second-order valence-electron chi connectivity index (χ2n) is 4.42. The molecule has 0 saturated heterocycles. The maximum absolute atomic E-state index is 10.4. The van der Waals surface area contributed by atoms with Gasteiger partial charge in [0.05, 0.1) is 0 Å². The van der Waals surface area contributed by atoms with Crippen molar-refractivity contribution in [2.45, 2.75) is 38.0 Å². The van der Waals surface area contributed by atoms with Gasteiger partial charge in [0.1, 0.15) is 6.54 Å². The Kier molecular flexibility index (Phi) is 3.90. The number of aromatic nitrogens is 2. The van der Waals surface area contributed by atoms with Crippen LogP contribution >= 0.6 is 0 Å². The normalized spacial score (nSPS) is 16.7. The molecule has 1 aromatic rings. The summed E-state index contributed by atoms with van der Waals surface area (Å²) in [6.45, 7) is -0.150. The summed E-state index contributed by atoms with van der Waals surface area (Å²) in [7, 11) is 0. The van der Waals surface area contributed by atoms with Crippen molar-refractivity contribution in [1.82, 2.24) is 9.97 Å². The number of carboxylic acids is 1. The molecule has 0 amide bonds. The summed E-state index contributed by atoms with van der Waals surface area (Å²) in [6.07, 6.45) is 9.94. The third-order valence-electron chi connectivity index (χ3n) is 3.15. The lowest BCUT2D eigenvalue weighted by Gasteiger charge is -2.21. The van der Waals surface area contributed by atoms with Crippen LogP contribution in [0.15, 0.2) is 12.4 Å². The molecule has 1 saturated carbocycles. The van der Waals surface area contributed by atoms with E-state index in [-0.39, 0.29) is 6.54 Å². The summed E-state index contributed by atoms with van der Waals surface area (Å²) in [5.41, 5.74) is 1.17. The van der Waals surface area contributed by atoms with E-state index in [0.717, 1.165) is 0 Å². The van der Waals surface area contributed by atoms with Crippen LogP contribution in [0.2, 0.25) is 0 Å². The van der Waals surface area contributed by atoms with E-state index < -0.39 is 5.97 Å². The van der Waals surface area contributed by atoms with Gasteiger partial charge in [0, 0.05) is 12.4 Å². The van der Waals surface area contributed by atoms with Gasteiger partial charge in [-0.2, -0.15) is 0 Å². The fourth-order valence-corrected chi connectivity index (χ4v) is 2.23. The van der Waals surface area contributed by atoms with Gasteiger partial charge in [-0.3, -0.25) is 4.79 Å². The van der Waals surface area contributed by atoms with Gasteiger partial charge in [0.15, 0.2) is 0 Å². The van der Waals surface area contributed by atoms with Crippen molar-refractivity contribution in [3.8, 4) is 0 Å². The lowest BCUT2D eigenvalue weighted by Crippen LogP contribution is -2.14. The predicted molar refractivity (Wildman–Crippen MR) is 64.0 cm³/mol. The molecule has 0 bridgehead atoms. The van der Waals surface area contributed by atoms with Gasteiger partial charge in [0.25, 0.3) is 0 Å². The zero-order valence-electron chi connectivity index (χ0n) is 9.72. The molecular weight excluding hydrogens is 218 g/mol.